The zero-order valence-electron chi connectivity index (χ0n) is 18.4. The molecule has 4 aromatic rings. The first-order valence-corrected chi connectivity index (χ1v) is 11.6. The lowest BCUT2D eigenvalue weighted by Gasteiger charge is -2.21. The summed E-state index contributed by atoms with van der Waals surface area (Å²) in [4.78, 5) is 22.0. The van der Waals surface area contributed by atoms with Crippen molar-refractivity contribution in [2.75, 3.05) is 32.1 Å². The lowest BCUT2D eigenvalue weighted by molar-refractivity contribution is 0.0986. The Kier molecular flexibility index (Phi) is 8.69. The van der Waals surface area contributed by atoms with E-state index in [4.69, 9.17) is 16.3 Å². The van der Waals surface area contributed by atoms with Gasteiger partial charge < -0.3 is 9.64 Å². The van der Waals surface area contributed by atoms with Gasteiger partial charge in [-0.2, -0.15) is 0 Å². The van der Waals surface area contributed by atoms with Gasteiger partial charge in [0.15, 0.2) is 5.13 Å². The number of carbonyl (C=O) groups is 1. The molecule has 0 atom stereocenters. The van der Waals surface area contributed by atoms with Gasteiger partial charge in [0.05, 0.1) is 9.72 Å². The fourth-order valence-corrected chi connectivity index (χ4v) is 4.58. The maximum Gasteiger partial charge on any atom is 0.260 e. The molecule has 0 saturated carbocycles. The minimum atomic E-state index is -0.0924. The second kappa shape index (κ2) is 11.5. The van der Waals surface area contributed by atoms with Gasteiger partial charge in [0.2, 0.25) is 0 Å². The van der Waals surface area contributed by atoms with Crippen molar-refractivity contribution in [3.05, 3.63) is 83.4 Å². The average Bonchev–Trinajstić information content (AvgIpc) is 3.23. The molecule has 4 rings (SSSR count). The predicted octanol–water partition coefficient (Wildman–Crippen LogP) is 6.76. The zero-order valence-corrected chi connectivity index (χ0v) is 20.8. The van der Waals surface area contributed by atoms with E-state index in [2.05, 4.69) is 9.88 Å². The van der Waals surface area contributed by atoms with Crippen LogP contribution < -0.4 is 9.64 Å². The first-order valence-electron chi connectivity index (χ1n) is 10.4. The van der Waals surface area contributed by atoms with Crippen LogP contribution in [0.3, 0.4) is 0 Å². The van der Waals surface area contributed by atoms with Gasteiger partial charge in [0.25, 0.3) is 5.91 Å². The van der Waals surface area contributed by atoms with Gasteiger partial charge in [-0.3, -0.25) is 9.69 Å². The highest BCUT2D eigenvalue weighted by molar-refractivity contribution is 7.22. The molecule has 0 saturated heterocycles. The van der Waals surface area contributed by atoms with E-state index in [-0.39, 0.29) is 18.3 Å². The third-order valence-corrected chi connectivity index (χ3v) is 6.25. The van der Waals surface area contributed by atoms with Crippen molar-refractivity contribution in [3.63, 3.8) is 0 Å². The van der Waals surface area contributed by atoms with E-state index < -0.39 is 0 Å². The van der Waals surface area contributed by atoms with E-state index in [0.29, 0.717) is 28.0 Å². The van der Waals surface area contributed by atoms with Gasteiger partial charge in [0.1, 0.15) is 17.0 Å². The quantitative estimate of drug-likeness (QED) is 0.267. The number of halogens is 2. The van der Waals surface area contributed by atoms with Crippen molar-refractivity contribution < 1.29 is 9.53 Å². The lowest BCUT2D eigenvalue weighted by Crippen LogP contribution is -2.33. The van der Waals surface area contributed by atoms with Crippen molar-refractivity contribution >= 4 is 56.6 Å². The highest BCUT2D eigenvalue weighted by Gasteiger charge is 2.22. The monoisotopic (exact) mass is 501 g/mol. The number of benzene rings is 3. The molecule has 0 aliphatic carbocycles. The van der Waals surface area contributed by atoms with E-state index in [9.17, 15) is 4.79 Å². The number of anilines is 1. The Morgan fingerprint density at radius 3 is 2.30 bits per heavy atom. The predicted molar refractivity (Wildman–Crippen MR) is 140 cm³/mol. The molecule has 0 N–H and O–H groups in total. The molecular formula is C25H25Cl2N3O2S. The van der Waals surface area contributed by atoms with E-state index >= 15 is 0 Å². The number of para-hydroxylation sites is 2. The Bertz CT molecular complexity index is 1200. The Balaban J connectivity index is 0.00000306. The second-order valence-electron chi connectivity index (χ2n) is 7.64. The van der Waals surface area contributed by atoms with Crippen molar-refractivity contribution in [1.29, 1.82) is 0 Å². The normalized spacial score (nSPS) is 10.8. The number of nitrogens with zero attached hydrogens (tertiary/aromatic N) is 3. The van der Waals surface area contributed by atoms with Gasteiger partial charge in [0, 0.05) is 12.1 Å². The standard InChI is InChI=1S/C25H24ClN3O2S.ClH/c1-28(2)16-7-17-29(25-27-23-21(26)10-6-11-22(23)32-25)24(30)18-12-14-20(15-13-18)31-19-8-4-3-5-9-19;/h3-6,8-15H,7,16-17H2,1-2H3;1H. The Hall–Kier alpha value is -2.64. The van der Waals surface area contributed by atoms with E-state index in [1.54, 1.807) is 17.0 Å². The SMILES string of the molecule is CN(C)CCCN(C(=O)c1ccc(Oc2ccccc2)cc1)c1nc2c(Cl)cccc2s1.Cl. The molecule has 33 heavy (non-hydrogen) atoms. The van der Waals surface area contributed by atoms with Crippen molar-refractivity contribution in [3.8, 4) is 11.5 Å². The number of rotatable bonds is 8. The maximum absolute atomic E-state index is 13.5. The summed E-state index contributed by atoms with van der Waals surface area (Å²) in [5, 5.41) is 1.24. The first-order chi connectivity index (χ1) is 15.5. The van der Waals surface area contributed by atoms with Gasteiger partial charge in [-0.15, -0.1) is 12.4 Å². The molecule has 0 spiro atoms. The summed E-state index contributed by atoms with van der Waals surface area (Å²) in [7, 11) is 4.05. The number of fused-ring (bicyclic) bond motifs is 1. The molecule has 0 unspecified atom stereocenters. The lowest BCUT2D eigenvalue weighted by atomic mass is 10.2. The summed E-state index contributed by atoms with van der Waals surface area (Å²) in [6, 6.07) is 22.5. The molecule has 3 aromatic carbocycles. The van der Waals surface area contributed by atoms with Crippen LogP contribution >= 0.6 is 35.3 Å². The Labute approximate surface area is 209 Å². The summed E-state index contributed by atoms with van der Waals surface area (Å²) in [5.41, 5.74) is 1.31. The third-order valence-electron chi connectivity index (χ3n) is 4.90. The minimum Gasteiger partial charge on any atom is -0.457 e. The molecule has 1 heterocycles. The van der Waals surface area contributed by atoms with Gasteiger partial charge in [-0.05, 0) is 75.6 Å². The summed E-state index contributed by atoms with van der Waals surface area (Å²) in [6.45, 7) is 1.44. The fraction of sp³-hybridized carbons (Fsp3) is 0.200. The number of ether oxygens (including phenoxy) is 1. The number of hydrogen-bond acceptors (Lipinski definition) is 5. The molecule has 0 fully saturated rings. The van der Waals surface area contributed by atoms with Crippen LogP contribution in [0.4, 0.5) is 5.13 Å². The van der Waals surface area contributed by atoms with Crippen LogP contribution in [0, 0.1) is 0 Å². The Morgan fingerprint density at radius 2 is 1.64 bits per heavy atom. The summed E-state index contributed by atoms with van der Waals surface area (Å²) in [6.07, 6.45) is 0.831. The highest BCUT2D eigenvalue weighted by atomic mass is 35.5. The van der Waals surface area contributed by atoms with Crippen LogP contribution in [0.2, 0.25) is 5.02 Å². The van der Waals surface area contributed by atoms with Crippen LogP contribution in [0.25, 0.3) is 10.2 Å². The largest absolute Gasteiger partial charge is 0.457 e. The molecule has 0 radical (unpaired) electrons. The molecular weight excluding hydrogens is 477 g/mol. The highest BCUT2D eigenvalue weighted by Crippen LogP contribution is 2.33. The van der Waals surface area contributed by atoms with Gasteiger partial charge in [-0.1, -0.05) is 47.2 Å². The van der Waals surface area contributed by atoms with Crippen LogP contribution in [0.15, 0.2) is 72.8 Å². The van der Waals surface area contributed by atoms with Crippen molar-refractivity contribution in [1.82, 2.24) is 9.88 Å². The summed E-state index contributed by atoms with van der Waals surface area (Å²) < 4.78 is 6.81. The molecule has 8 heteroatoms. The fourth-order valence-electron chi connectivity index (χ4n) is 3.29. The average molecular weight is 502 g/mol. The topological polar surface area (TPSA) is 45.7 Å². The van der Waals surface area contributed by atoms with Crippen LogP contribution in [-0.2, 0) is 0 Å². The molecule has 1 amide bonds. The van der Waals surface area contributed by atoms with Crippen molar-refractivity contribution in [2.45, 2.75) is 6.42 Å². The van der Waals surface area contributed by atoms with Crippen LogP contribution in [-0.4, -0.2) is 43.0 Å². The molecule has 1 aromatic heterocycles. The Morgan fingerprint density at radius 1 is 0.939 bits per heavy atom. The number of aromatic nitrogens is 1. The van der Waals surface area contributed by atoms with Crippen LogP contribution in [0.1, 0.15) is 16.8 Å². The summed E-state index contributed by atoms with van der Waals surface area (Å²) in [5.74, 6) is 1.34. The minimum absolute atomic E-state index is 0. The molecule has 0 aliphatic heterocycles. The number of amides is 1. The molecule has 172 valence electrons. The van der Waals surface area contributed by atoms with E-state index in [0.717, 1.165) is 28.9 Å². The van der Waals surface area contributed by atoms with Crippen LogP contribution in [0.5, 0.6) is 11.5 Å². The van der Waals surface area contributed by atoms with E-state index in [1.807, 2.05) is 74.8 Å². The first kappa shape index (κ1) is 25.0. The van der Waals surface area contributed by atoms with Crippen molar-refractivity contribution in [2.24, 2.45) is 0 Å². The van der Waals surface area contributed by atoms with E-state index in [1.165, 1.54) is 11.3 Å². The third kappa shape index (κ3) is 6.24. The second-order valence-corrected chi connectivity index (χ2v) is 9.05. The summed E-state index contributed by atoms with van der Waals surface area (Å²) >= 11 is 7.80. The number of hydrogen-bond donors (Lipinski definition) is 0. The van der Waals surface area contributed by atoms with Gasteiger partial charge in [-0.25, -0.2) is 4.98 Å². The van der Waals surface area contributed by atoms with Gasteiger partial charge >= 0.3 is 0 Å². The molecule has 0 aliphatic rings. The number of thiazole rings is 1. The smallest absolute Gasteiger partial charge is 0.260 e. The molecule has 0 bridgehead atoms. The number of carbonyl (C=O) groups excluding carboxylic acids is 1. The zero-order chi connectivity index (χ0) is 22.5. The maximum atomic E-state index is 13.5. The molecule has 5 nitrogen and oxygen atoms in total.